The van der Waals surface area contributed by atoms with Crippen LogP contribution in [0, 0.1) is 5.82 Å². The zero-order valence-corrected chi connectivity index (χ0v) is 14.4. The Kier molecular flexibility index (Phi) is 5.07. The molecule has 0 fully saturated rings. The van der Waals surface area contributed by atoms with E-state index < -0.39 is 5.82 Å². The monoisotopic (exact) mass is 397 g/mol. The van der Waals surface area contributed by atoms with Crippen LogP contribution in [0.2, 0.25) is 0 Å². The normalized spacial score (nSPS) is 12.3. The van der Waals surface area contributed by atoms with Gasteiger partial charge in [0.2, 0.25) is 12.7 Å². The number of hydrogen-bond acceptors (Lipinski definition) is 4. The number of benzene rings is 2. The van der Waals surface area contributed by atoms with Crippen LogP contribution in [0.25, 0.3) is 0 Å². The zero-order chi connectivity index (χ0) is 16.2. The van der Waals surface area contributed by atoms with Crippen molar-refractivity contribution >= 4 is 39.3 Å². The molecule has 0 unspecified atom stereocenters. The summed E-state index contributed by atoms with van der Waals surface area (Å²) in [6, 6.07) is 9.86. The molecule has 120 valence electrons. The highest BCUT2D eigenvalue weighted by atomic mass is 79.9. The molecule has 7 heteroatoms. The summed E-state index contributed by atoms with van der Waals surface area (Å²) in [5.74, 6) is 1.60. The molecule has 0 saturated heterocycles. The molecular formula is C16H13BrFNO3S. The molecule has 4 nitrogen and oxygen atoms in total. The van der Waals surface area contributed by atoms with Crippen molar-refractivity contribution < 1.29 is 18.7 Å². The summed E-state index contributed by atoms with van der Waals surface area (Å²) < 4.78 is 25.0. The largest absolute Gasteiger partial charge is 0.454 e. The first-order valence-corrected chi connectivity index (χ1v) is 8.78. The number of ether oxygens (including phenoxy) is 2. The van der Waals surface area contributed by atoms with Crippen LogP contribution in [0.3, 0.4) is 0 Å². The maximum Gasteiger partial charge on any atom is 0.234 e. The third-order valence-electron chi connectivity index (χ3n) is 3.18. The molecule has 2 aromatic rings. The van der Waals surface area contributed by atoms with Gasteiger partial charge in [0.25, 0.3) is 0 Å². The second-order valence-electron chi connectivity index (χ2n) is 4.82. The standard InChI is InChI=1S/C16H13BrFNO3S/c17-11-6-15-14(21-9-22-15)5-10(11)7-23-8-16(20)19-13-4-2-1-3-12(13)18/h1-6H,7-9H2,(H,19,20). The summed E-state index contributed by atoms with van der Waals surface area (Å²) in [6.07, 6.45) is 0. The average Bonchev–Trinajstić information content (AvgIpc) is 2.97. The van der Waals surface area contributed by atoms with E-state index in [-0.39, 0.29) is 24.1 Å². The predicted octanol–water partition coefficient (Wildman–Crippen LogP) is 4.19. The molecule has 0 aromatic heterocycles. The summed E-state index contributed by atoms with van der Waals surface area (Å²) in [5.41, 5.74) is 1.21. The molecule has 0 atom stereocenters. The van der Waals surface area contributed by atoms with Gasteiger partial charge in [-0.1, -0.05) is 28.1 Å². The Bertz CT molecular complexity index is 741. The highest BCUT2D eigenvalue weighted by molar-refractivity contribution is 9.10. The minimum atomic E-state index is -0.440. The Morgan fingerprint density at radius 1 is 1.26 bits per heavy atom. The van der Waals surface area contributed by atoms with Crippen molar-refractivity contribution in [2.45, 2.75) is 5.75 Å². The highest BCUT2D eigenvalue weighted by Gasteiger charge is 2.16. The van der Waals surface area contributed by atoms with Crippen LogP contribution >= 0.6 is 27.7 Å². The number of carbonyl (C=O) groups is 1. The van der Waals surface area contributed by atoms with Crippen LogP contribution < -0.4 is 14.8 Å². The molecule has 1 N–H and O–H groups in total. The summed E-state index contributed by atoms with van der Waals surface area (Å²) in [5, 5.41) is 2.56. The molecule has 3 rings (SSSR count). The van der Waals surface area contributed by atoms with Crippen LogP contribution in [-0.4, -0.2) is 18.5 Å². The molecule has 23 heavy (non-hydrogen) atoms. The van der Waals surface area contributed by atoms with Crippen molar-refractivity contribution in [1.82, 2.24) is 0 Å². The van der Waals surface area contributed by atoms with E-state index in [9.17, 15) is 9.18 Å². The van der Waals surface area contributed by atoms with Gasteiger partial charge < -0.3 is 14.8 Å². The number of hydrogen-bond donors (Lipinski definition) is 1. The number of anilines is 1. The fraction of sp³-hybridized carbons (Fsp3) is 0.188. The third-order valence-corrected chi connectivity index (χ3v) is 4.90. The number of para-hydroxylation sites is 1. The lowest BCUT2D eigenvalue weighted by molar-refractivity contribution is -0.113. The van der Waals surface area contributed by atoms with E-state index in [2.05, 4.69) is 21.2 Å². The minimum Gasteiger partial charge on any atom is -0.454 e. The number of fused-ring (bicyclic) bond motifs is 1. The van der Waals surface area contributed by atoms with E-state index in [1.807, 2.05) is 12.1 Å². The Morgan fingerprint density at radius 3 is 2.78 bits per heavy atom. The molecule has 1 aliphatic rings. The fourth-order valence-corrected chi connectivity index (χ4v) is 3.54. The Hall–Kier alpha value is -1.73. The molecule has 1 amide bonds. The molecular weight excluding hydrogens is 385 g/mol. The highest BCUT2D eigenvalue weighted by Crippen LogP contribution is 2.38. The number of thioether (sulfide) groups is 1. The van der Waals surface area contributed by atoms with Gasteiger partial charge in [0, 0.05) is 10.2 Å². The fourth-order valence-electron chi connectivity index (χ4n) is 2.07. The van der Waals surface area contributed by atoms with E-state index in [4.69, 9.17) is 9.47 Å². The number of halogens is 2. The first kappa shape index (κ1) is 16.1. The van der Waals surface area contributed by atoms with Gasteiger partial charge in [-0.05, 0) is 29.8 Å². The van der Waals surface area contributed by atoms with E-state index in [1.54, 1.807) is 12.1 Å². The smallest absolute Gasteiger partial charge is 0.234 e. The van der Waals surface area contributed by atoms with Crippen LogP contribution in [0.15, 0.2) is 40.9 Å². The van der Waals surface area contributed by atoms with Gasteiger partial charge in [0.1, 0.15) is 5.82 Å². The lowest BCUT2D eigenvalue weighted by Crippen LogP contribution is -2.15. The third kappa shape index (κ3) is 3.97. The molecule has 2 aromatic carbocycles. The molecule has 0 bridgehead atoms. The lowest BCUT2D eigenvalue weighted by atomic mass is 10.2. The molecule has 0 radical (unpaired) electrons. The summed E-state index contributed by atoms with van der Waals surface area (Å²) in [6.45, 7) is 0.226. The molecule has 1 heterocycles. The first-order valence-electron chi connectivity index (χ1n) is 6.83. The minimum absolute atomic E-state index is 0.197. The maximum absolute atomic E-state index is 13.5. The van der Waals surface area contributed by atoms with Crippen LogP contribution in [0.4, 0.5) is 10.1 Å². The Morgan fingerprint density at radius 2 is 2.00 bits per heavy atom. The van der Waals surface area contributed by atoms with Gasteiger partial charge in [-0.3, -0.25) is 4.79 Å². The van der Waals surface area contributed by atoms with E-state index >= 15 is 0 Å². The van der Waals surface area contributed by atoms with Gasteiger partial charge in [0.05, 0.1) is 11.4 Å². The predicted molar refractivity (Wildman–Crippen MR) is 91.5 cm³/mol. The number of rotatable bonds is 5. The zero-order valence-electron chi connectivity index (χ0n) is 12.0. The lowest BCUT2D eigenvalue weighted by Gasteiger charge is -2.08. The Labute approximate surface area is 145 Å². The Balaban J connectivity index is 1.53. The van der Waals surface area contributed by atoms with Crippen LogP contribution in [0.1, 0.15) is 5.56 Å². The summed E-state index contributed by atoms with van der Waals surface area (Å²) >= 11 is 4.92. The summed E-state index contributed by atoms with van der Waals surface area (Å²) in [4.78, 5) is 11.9. The van der Waals surface area contributed by atoms with Crippen LogP contribution in [-0.2, 0) is 10.5 Å². The van der Waals surface area contributed by atoms with Crippen molar-refractivity contribution in [3.8, 4) is 11.5 Å². The van der Waals surface area contributed by atoms with Gasteiger partial charge in [0.15, 0.2) is 11.5 Å². The molecule has 0 spiro atoms. The summed E-state index contributed by atoms with van der Waals surface area (Å²) in [7, 11) is 0. The molecule has 1 aliphatic heterocycles. The van der Waals surface area contributed by atoms with Crippen LogP contribution in [0.5, 0.6) is 11.5 Å². The quantitative estimate of drug-likeness (QED) is 0.821. The molecule has 0 aliphatic carbocycles. The topological polar surface area (TPSA) is 47.6 Å². The van der Waals surface area contributed by atoms with Crippen molar-refractivity contribution in [3.05, 3.63) is 52.3 Å². The average molecular weight is 398 g/mol. The number of carbonyl (C=O) groups excluding carboxylic acids is 1. The van der Waals surface area contributed by atoms with E-state index in [0.29, 0.717) is 17.3 Å². The van der Waals surface area contributed by atoms with Crippen molar-refractivity contribution in [2.24, 2.45) is 0 Å². The first-order chi connectivity index (χ1) is 11.1. The van der Waals surface area contributed by atoms with Crippen molar-refractivity contribution in [2.75, 3.05) is 17.9 Å². The van der Waals surface area contributed by atoms with Gasteiger partial charge in [-0.2, -0.15) is 0 Å². The SMILES string of the molecule is O=C(CSCc1cc2c(cc1Br)OCO2)Nc1ccccc1F. The maximum atomic E-state index is 13.5. The number of nitrogens with one attached hydrogen (secondary N) is 1. The second-order valence-corrected chi connectivity index (χ2v) is 6.66. The van der Waals surface area contributed by atoms with Crippen molar-refractivity contribution in [1.29, 1.82) is 0 Å². The van der Waals surface area contributed by atoms with Gasteiger partial charge >= 0.3 is 0 Å². The number of amides is 1. The second kappa shape index (κ2) is 7.23. The van der Waals surface area contributed by atoms with E-state index in [0.717, 1.165) is 10.0 Å². The van der Waals surface area contributed by atoms with E-state index in [1.165, 1.54) is 23.9 Å². The van der Waals surface area contributed by atoms with Gasteiger partial charge in [-0.25, -0.2) is 4.39 Å². The van der Waals surface area contributed by atoms with Gasteiger partial charge in [-0.15, -0.1) is 11.8 Å². The van der Waals surface area contributed by atoms with Crippen molar-refractivity contribution in [3.63, 3.8) is 0 Å². The molecule has 0 saturated carbocycles.